The molecule has 0 saturated carbocycles. The molecule has 0 bridgehead atoms. The van der Waals surface area contributed by atoms with Crippen LogP contribution in [0.1, 0.15) is 17.0 Å². The molecule has 1 aromatic heterocycles. The van der Waals surface area contributed by atoms with Crippen LogP contribution in [0.5, 0.6) is 5.75 Å². The number of aryl methyl sites for hydroxylation is 2. The van der Waals surface area contributed by atoms with Crippen molar-refractivity contribution >= 4 is 10.0 Å². The molecule has 0 amide bonds. The van der Waals surface area contributed by atoms with Crippen molar-refractivity contribution in [3.8, 4) is 5.75 Å². The third-order valence-corrected chi connectivity index (χ3v) is 3.60. The molecule has 19 heavy (non-hydrogen) atoms. The quantitative estimate of drug-likeness (QED) is 0.893. The number of sulfonamides is 1. The van der Waals surface area contributed by atoms with Gasteiger partial charge in [-0.25, -0.2) is 13.6 Å². The normalized spacial score (nSPS) is 11.5. The minimum atomic E-state index is -3.73. The van der Waals surface area contributed by atoms with Gasteiger partial charge in [-0.1, -0.05) is 5.16 Å². The van der Waals surface area contributed by atoms with E-state index in [1.165, 1.54) is 12.5 Å². The molecule has 0 atom stereocenters. The number of nitrogens with zero attached hydrogens (tertiary/aromatic N) is 2. The van der Waals surface area contributed by atoms with E-state index in [4.69, 9.17) is 9.88 Å². The lowest BCUT2D eigenvalue weighted by Gasteiger charge is -2.11. The van der Waals surface area contributed by atoms with E-state index < -0.39 is 10.0 Å². The Balaban J connectivity index is 2.26. The fraction of sp³-hybridized carbons (Fsp3) is 0.273. The number of hydrogen-bond acceptors (Lipinski definition) is 6. The monoisotopic (exact) mass is 283 g/mol. The van der Waals surface area contributed by atoms with Gasteiger partial charge in [-0.05, 0) is 37.1 Å². The van der Waals surface area contributed by atoms with E-state index >= 15 is 0 Å². The van der Waals surface area contributed by atoms with E-state index in [9.17, 15) is 8.42 Å². The number of rotatable bonds is 4. The van der Waals surface area contributed by atoms with E-state index in [1.807, 2.05) is 0 Å². The van der Waals surface area contributed by atoms with E-state index in [0.29, 0.717) is 22.7 Å². The van der Waals surface area contributed by atoms with Crippen LogP contribution in [-0.4, -0.2) is 18.6 Å². The van der Waals surface area contributed by atoms with Crippen LogP contribution in [0.25, 0.3) is 0 Å². The molecule has 0 spiro atoms. The molecule has 0 saturated heterocycles. The van der Waals surface area contributed by atoms with Gasteiger partial charge >= 0.3 is 0 Å². The fourth-order valence-corrected chi connectivity index (χ4v) is 2.47. The molecule has 0 aliphatic rings. The highest BCUT2D eigenvalue weighted by Gasteiger charge is 2.14. The van der Waals surface area contributed by atoms with Gasteiger partial charge in [0.05, 0.1) is 4.90 Å². The zero-order valence-electron chi connectivity index (χ0n) is 10.5. The Hall–Kier alpha value is -1.93. The molecule has 2 aromatic rings. The maximum Gasteiger partial charge on any atom is 0.238 e. The maximum atomic E-state index is 11.4. The Morgan fingerprint density at radius 3 is 2.63 bits per heavy atom. The van der Waals surface area contributed by atoms with Crippen LogP contribution in [0.3, 0.4) is 0 Å². The number of benzene rings is 1. The number of primary sulfonamides is 1. The predicted octanol–water partition coefficient (Wildman–Crippen LogP) is 0.913. The highest BCUT2D eigenvalue weighted by Crippen LogP contribution is 2.25. The molecule has 2 rings (SSSR count). The van der Waals surface area contributed by atoms with Crippen LogP contribution in [0.2, 0.25) is 0 Å². The lowest BCUT2D eigenvalue weighted by Crippen LogP contribution is -2.14. The molecule has 8 heteroatoms. The van der Waals surface area contributed by atoms with Gasteiger partial charge < -0.3 is 9.26 Å². The van der Waals surface area contributed by atoms with Gasteiger partial charge in [-0.15, -0.1) is 0 Å². The van der Waals surface area contributed by atoms with E-state index in [0.717, 1.165) is 0 Å². The first kappa shape index (κ1) is 13.5. The molecule has 1 aromatic carbocycles. The lowest BCUT2D eigenvalue weighted by molar-refractivity contribution is 0.284. The third kappa shape index (κ3) is 3.09. The first-order chi connectivity index (χ1) is 8.88. The van der Waals surface area contributed by atoms with Crippen molar-refractivity contribution < 1.29 is 17.7 Å². The Morgan fingerprint density at radius 1 is 1.32 bits per heavy atom. The molecule has 0 unspecified atom stereocenters. The molecule has 0 radical (unpaired) electrons. The van der Waals surface area contributed by atoms with Gasteiger partial charge in [0.1, 0.15) is 5.75 Å². The van der Waals surface area contributed by atoms with Crippen LogP contribution in [0.4, 0.5) is 0 Å². The zero-order valence-corrected chi connectivity index (χ0v) is 11.3. The fourth-order valence-electron chi connectivity index (χ4n) is 1.62. The van der Waals surface area contributed by atoms with Crippen molar-refractivity contribution in [1.29, 1.82) is 0 Å². The molecule has 1 heterocycles. The van der Waals surface area contributed by atoms with Crippen molar-refractivity contribution in [2.24, 2.45) is 5.14 Å². The van der Waals surface area contributed by atoms with E-state index in [-0.39, 0.29) is 11.5 Å². The largest absolute Gasteiger partial charge is 0.485 e. The van der Waals surface area contributed by atoms with Crippen molar-refractivity contribution in [2.75, 3.05) is 0 Å². The second-order valence-electron chi connectivity index (χ2n) is 4.06. The lowest BCUT2D eigenvalue weighted by atomic mass is 10.1. The molecular weight excluding hydrogens is 270 g/mol. The van der Waals surface area contributed by atoms with Crippen molar-refractivity contribution in [2.45, 2.75) is 25.3 Å². The zero-order chi connectivity index (χ0) is 14.0. The topological polar surface area (TPSA) is 108 Å². The average molecular weight is 283 g/mol. The Kier molecular flexibility index (Phi) is 3.54. The summed E-state index contributed by atoms with van der Waals surface area (Å²) in [5.74, 6) is 0.960. The smallest absolute Gasteiger partial charge is 0.238 e. The molecule has 7 nitrogen and oxygen atoms in total. The van der Waals surface area contributed by atoms with Gasteiger partial charge in [-0.3, -0.25) is 0 Å². The summed E-state index contributed by atoms with van der Waals surface area (Å²) < 4.78 is 32.8. The summed E-state index contributed by atoms with van der Waals surface area (Å²) in [6.07, 6.45) is 1.21. The second-order valence-corrected chi connectivity index (χ2v) is 5.59. The molecule has 0 aliphatic heterocycles. The Bertz CT molecular complexity index is 680. The van der Waals surface area contributed by atoms with E-state index in [1.54, 1.807) is 19.9 Å². The molecule has 2 N–H and O–H groups in total. The van der Waals surface area contributed by atoms with E-state index in [2.05, 4.69) is 14.7 Å². The first-order valence-corrected chi connectivity index (χ1v) is 6.94. The van der Waals surface area contributed by atoms with Crippen molar-refractivity contribution in [3.63, 3.8) is 0 Å². The summed E-state index contributed by atoms with van der Waals surface area (Å²) in [6, 6.07) is 3.10. The highest BCUT2D eigenvalue weighted by atomic mass is 32.2. The third-order valence-electron chi connectivity index (χ3n) is 2.54. The molecule has 0 fully saturated rings. The Morgan fingerprint density at radius 2 is 2.05 bits per heavy atom. The van der Waals surface area contributed by atoms with Crippen LogP contribution >= 0.6 is 0 Å². The molecular formula is C11H13N3O4S. The first-order valence-electron chi connectivity index (χ1n) is 5.40. The number of aromatic nitrogens is 2. The Labute approximate surface area is 110 Å². The minimum Gasteiger partial charge on any atom is -0.485 e. The number of hydrogen-bond donors (Lipinski definition) is 1. The average Bonchev–Trinajstić information content (AvgIpc) is 2.81. The maximum absolute atomic E-state index is 11.4. The summed E-state index contributed by atoms with van der Waals surface area (Å²) in [7, 11) is -3.73. The minimum absolute atomic E-state index is 0.0944. The standard InChI is InChI=1S/C11H13N3O4S/c1-7-4-10(19(12,15)16)8(2)3-9(7)17-5-11-13-6-18-14-11/h3-4,6H,5H2,1-2H3,(H2,12,15,16). The SMILES string of the molecule is Cc1cc(S(N)(=O)=O)c(C)cc1OCc1ncon1. The van der Waals surface area contributed by atoms with Crippen LogP contribution in [-0.2, 0) is 16.6 Å². The van der Waals surface area contributed by atoms with Crippen molar-refractivity contribution in [3.05, 3.63) is 35.5 Å². The second kappa shape index (κ2) is 4.98. The summed E-state index contributed by atoms with van der Waals surface area (Å²) in [5.41, 5.74) is 1.19. The highest BCUT2D eigenvalue weighted by molar-refractivity contribution is 7.89. The summed E-state index contributed by atoms with van der Waals surface area (Å²) >= 11 is 0. The van der Waals surface area contributed by atoms with Crippen LogP contribution < -0.4 is 9.88 Å². The van der Waals surface area contributed by atoms with Gasteiger partial charge in [0.15, 0.2) is 6.61 Å². The van der Waals surface area contributed by atoms with Gasteiger partial charge in [-0.2, -0.15) is 4.98 Å². The number of nitrogens with two attached hydrogens (primary N) is 1. The van der Waals surface area contributed by atoms with Crippen LogP contribution in [0.15, 0.2) is 27.9 Å². The summed E-state index contributed by atoms with van der Waals surface area (Å²) in [6.45, 7) is 3.53. The van der Waals surface area contributed by atoms with Gasteiger partial charge in [0.2, 0.25) is 22.2 Å². The predicted molar refractivity (Wildman–Crippen MR) is 65.9 cm³/mol. The van der Waals surface area contributed by atoms with Gasteiger partial charge in [0.25, 0.3) is 0 Å². The van der Waals surface area contributed by atoms with Gasteiger partial charge in [0, 0.05) is 0 Å². The summed E-state index contributed by atoms with van der Waals surface area (Å²) in [4.78, 5) is 3.92. The summed E-state index contributed by atoms with van der Waals surface area (Å²) in [5, 5.41) is 8.74. The molecule has 102 valence electrons. The van der Waals surface area contributed by atoms with Crippen LogP contribution in [0, 0.1) is 13.8 Å². The number of ether oxygens (including phenoxy) is 1. The molecule has 0 aliphatic carbocycles. The van der Waals surface area contributed by atoms with Crippen molar-refractivity contribution in [1.82, 2.24) is 10.1 Å².